The molecule has 2 aromatic rings. The molecule has 0 aliphatic heterocycles. The van der Waals surface area contributed by atoms with E-state index in [9.17, 15) is 9.50 Å². The lowest BCUT2D eigenvalue weighted by molar-refractivity contribution is 0.177. The second-order valence-electron chi connectivity index (χ2n) is 4.43. The third-order valence-electron chi connectivity index (χ3n) is 3.03. The van der Waals surface area contributed by atoms with Crippen molar-refractivity contribution in [3.63, 3.8) is 0 Å². The highest BCUT2D eigenvalue weighted by Gasteiger charge is 2.12. The molecule has 2 rings (SSSR count). The molecule has 0 fully saturated rings. The highest BCUT2D eigenvalue weighted by Crippen LogP contribution is 2.22. The third kappa shape index (κ3) is 2.76. The molecule has 0 aliphatic carbocycles. The van der Waals surface area contributed by atoms with Gasteiger partial charge in [0.25, 0.3) is 0 Å². The average Bonchev–Trinajstić information content (AvgIpc) is 2.76. The lowest BCUT2D eigenvalue weighted by Gasteiger charge is -2.12. The molecular weight excluding hydrogens is 231 g/mol. The summed E-state index contributed by atoms with van der Waals surface area (Å²) in [4.78, 5) is 0. The second-order valence-corrected chi connectivity index (χ2v) is 4.43. The van der Waals surface area contributed by atoms with Crippen LogP contribution in [0, 0.1) is 12.7 Å². The fourth-order valence-electron chi connectivity index (χ4n) is 2.03. The molecule has 0 bridgehead atoms. The molecule has 96 valence electrons. The van der Waals surface area contributed by atoms with E-state index in [0.29, 0.717) is 6.42 Å². The lowest BCUT2D eigenvalue weighted by atomic mass is 9.99. The van der Waals surface area contributed by atoms with Crippen LogP contribution in [0.25, 0.3) is 0 Å². The van der Waals surface area contributed by atoms with Gasteiger partial charge in [0.05, 0.1) is 12.3 Å². The summed E-state index contributed by atoms with van der Waals surface area (Å²) in [6, 6.07) is 4.45. The number of halogens is 1. The summed E-state index contributed by atoms with van der Waals surface area (Å²) in [6.45, 7) is 4.63. The van der Waals surface area contributed by atoms with Gasteiger partial charge in [-0.3, -0.25) is 4.68 Å². The van der Waals surface area contributed by atoms with Gasteiger partial charge in [0.15, 0.2) is 0 Å². The van der Waals surface area contributed by atoms with Gasteiger partial charge in [0, 0.05) is 19.2 Å². The van der Waals surface area contributed by atoms with Crippen molar-refractivity contribution in [2.75, 3.05) is 0 Å². The van der Waals surface area contributed by atoms with Crippen LogP contribution in [0.5, 0.6) is 0 Å². The monoisotopic (exact) mass is 248 g/mol. The molecule has 1 aromatic heterocycles. The highest BCUT2D eigenvalue weighted by atomic mass is 19.1. The van der Waals surface area contributed by atoms with Crippen LogP contribution in [0.3, 0.4) is 0 Å². The third-order valence-corrected chi connectivity index (χ3v) is 3.03. The van der Waals surface area contributed by atoms with E-state index in [2.05, 4.69) is 5.10 Å². The SMILES string of the molecule is CCn1cc(CC(O)c2ccc(F)cc2C)cn1. The fourth-order valence-corrected chi connectivity index (χ4v) is 2.03. The number of hydrogen-bond acceptors (Lipinski definition) is 2. The highest BCUT2D eigenvalue weighted by molar-refractivity contribution is 5.29. The molecule has 1 atom stereocenters. The minimum Gasteiger partial charge on any atom is -0.388 e. The van der Waals surface area contributed by atoms with Crippen molar-refractivity contribution in [2.45, 2.75) is 32.9 Å². The van der Waals surface area contributed by atoms with E-state index in [1.807, 2.05) is 17.8 Å². The maximum absolute atomic E-state index is 13.0. The van der Waals surface area contributed by atoms with Crippen molar-refractivity contribution in [1.82, 2.24) is 9.78 Å². The summed E-state index contributed by atoms with van der Waals surface area (Å²) in [5, 5.41) is 14.3. The number of benzene rings is 1. The smallest absolute Gasteiger partial charge is 0.123 e. The first-order valence-corrected chi connectivity index (χ1v) is 6.05. The molecular formula is C14H17FN2O. The molecule has 0 radical (unpaired) electrons. The van der Waals surface area contributed by atoms with Crippen LogP contribution in [0.1, 0.15) is 29.7 Å². The molecule has 0 amide bonds. The zero-order chi connectivity index (χ0) is 13.1. The first-order chi connectivity index (χ1) is 8.60. The van der Waals surface area contributed by atoms with Crippen molar-refractivity contribution in [1.29, 1.82) is 0 Å². The predicted molar refractivity (Wildman–Crippen MR) is 67.7 cm³/mol. The summed E-state index contributed by atoms with van der Waals surface area (Å²) in [6.07, 6.45) is 3.54. The van der Waals surface area contributed by atoms with Crippen molar-refractivity contribution in [3.05, 3.63) is 53.1 Å². The number of hydrogen-bond donors (Lipinski definition) is 1. The normalized spacial score (nSPS) is 12.7. The Kier molecular flexibility index (Phi) is 3.77. The molecule has 0 spiro atoms. The maximum Gasteiger partial charge on any atom is 0.123 e. The summed E-state index contributed by atoms with van der Waals surface area (Å²) >= 11 is 0. The van der Waals surface area contributed by atoms with Gasteiger partial charge in [-0.05, 0) is 42.7 Å². The van der Waals surface area contributed by atoms with Gasteiger partial charge >= 0.3 is 0 Å². The molecule has 18 heavy (non-hydrogen) atoms. The molecule has 0 saturated carbocycles. The summed E-state index contributed by atoms with van der Waals surface area (Å²) in [7, 11) is 0. The molecule has 0 saturated heterocycles. The Morgan fingerprint density at radius 1 is 1.44 bits per heavy atom. The van der Waals surface area contributed by atoms with Gasteiger partial charge in [0.2, 0.25) is 0 Å². The predicted octanol–water partition coefficient (Wildman–Crippen LogP) is 2.63. The van der Waals surface area contributed by atoms with Gasteiger partial charge in [-0.25, -0.2) is 4.39 Å². The number of aromatic nitrogens is 2. The van der Waals surface area contributed by atoms with Gasteiger partial charge in [-0.1, -0.05) is 6.07 Å². The summed E-state index contributed by atoms with van der Waals surface area (Å²) in [5.41, 5.74) is 2.51. The van der Waals surface area contributed by atoms with Gasteiger partial charge < -0.3 is 5.11 Å². The Labute approximate surface area is 106 Å². The van der Waals surface area contributed by atoms with Crippen molar-refractivity contribution in [2.24, 2.45) is 0 Å². The minimum atomic E-state index is -0.625. The first kappa shape index (κ1) is 12.8. The minimum absolute atomic E-state index is 0.276. The Hall–Kier alpha value is -1.68. The van der Waals surface area contributed by atoms with Crippen molar-refractivity contribution < 1.29 is 9.50 Å². The van der Waals surface area contributed by atoms with Crippen LogP contribution in [-0.4, -0.2) is 14.9 Å². The number of aliphatic hydroxyl groups is 1. The molecule has 1 heterocycles. The van der Waals surface area contributed by atoms with Crippen LogP contribution in [0.2, 0.25) is 0 Å². The fraction of sp³-hybridized carbons (Fsp3) is 0.357. The summed E-state index contributed by atoms with van der Waals surface area (Å²) in [5.74, 6) is -0.276. The van der Waals surface area contributed by atoms with Gasteiger partial charge in [-0.15, -0.1) is 0 Å². The van der Waals surface area contributed by atoms with E-state index in [1.54, 1.807) is 19.2 Å². The van der Waals surface area contributed by atoms with Gasteiger partial charge in [-0.2, -0.15) is 5.10 Å². The summed E-state index contributed by atoms with van der Waals surface area (Å²) < 4.78 is 14.8. The largest absolute Gasteiger partial charge is 0.388 e. The van der Waals surface area contributed by atoms with Crippen LogP contribution >= 0.6 is 0 Å². The molecule has 4 heteroatoms. The van der Waals surface area contributed by atoms with E-state index in [-0.39, 0.29) is 5.82 Å². The quantitative estimate of drug-likeness (QED) is 0.903. The standard InChI is InChI=1S/C14H17FN2O/c1-3-17-9-11(8-16-17)7-14(18)13-5-4-12(15)6-10(13)2/h4-6,8-9,14,18H,3,7H2,1-2H3. The van der Waals surface area contributed by atoms with Crippen LogP contribution in [0.15, 0.2) is 30.6 Å². The van der Waals surface area contributed by atoms with E-state index in [1.165, 1.54) is 12.1 Å². The number of nitrogens with zero attached hydrogens (tertiary/aromatic N) is 2. The second kappa shape index (κ2) is 5.31. The molecule has 1 N–H and O–H groups in total. The Bertz CT molecular complexity index is 536. The molecule has 0 aliphatic rings. The Balaban J connectivity index is 2.13. The Morgan fingerprint density at radius 2 is 2.22 bits per heavy atom. The van der Waals surface area contributed by atoms with Crippen molar-refractivity contribution in [3.8, 4) is 0 Å². The number of aliphatic hydroxyl groups excluding tert-OH is 1. The lowest BCUT2D eigenvalue weighted by Crippen LogP contribution is -2.03. The van der Waals surface area contributed by atoms with E-state index < -0.39 is 6.10 Å². The zero-order valence-corrected chi connectivity index (χ0v) is 10.6. The van der Waals surface area contributed by atoms with Crippen molar-refractivity contribution >= 4 is 0 Å². The molecule has 1 aromatic carbocycles. The molecule has 3 nitrogen and oxygen atoms in total. The number of rotatable bonds is 4. The topological polar surface area (TPSA) is 38.0 Å². The first-order valence-electron chi connectivity index (χ1n) is 6.05. The zero-order valence-electron chi connectivity index (χ0n) is 10.6. The maximum atomic E-state index is 13.0. The average molecular weight is 248 g/mol. The van der Waals surface area contributed by atoms with E-state index in [4.69, 9.17) is 0 Å². The van der Waals surface area contributed by atoms with Crippen LogP contribution in [-0.2, 0) is 13.0 Å². The Morgan fingerprint density at radius 3 is 2.83 bits per heavy atom. The van der Waals surface area contributed by atoms with E-state index in [0.717, 1.165) is 23.2 Å². The van der Waals surface area contributed by atoms with E-state index >= 15 is 0 Å². The molecule has 1 unspecified atom stereocenters. The van der Waals surface area contributed by atoms with Crippen LogP contribution in [0.4, 0.5) is 4.39 Å². The number of aryl methyl sites for hydroxylation is 2. The van der Waals surface area contributed by atoms with Crippen LogP contribution < -0.4 is 0 Å². The van der Waals surface area contributed by atoms with Gasteiger partial charge in [0.1, 0.15) is 5.82 Å².